The first kappa shape index (κ1) is 26.7. The van der Waals surface area contributed by atoms with Gasteiger partial charge in [0.1, 0.15) is 5.75 Å². The predicted molar refractivity (Wildman–Crippen MR) is 134 cm³/mol. The average molecular weight is 462 g/mol. The highest BCUT2D eigenvalue weighted by atomic mass is 35.5. The molecule has 1 saturated heterocycles. The van der Waals surface area contributed by atoms with E-state index in [1.165, 1.54) is 11.1 Å². The summed E-state index contributed by atoms with van der Waals surface area (Å²) in [5.41, 5.74) is 2.39. The first-order chi connectivity index (χ1) is 14.8. The van der Waals surface area contributed by atoms with Gasteiger partial charge in [-0.15, -0.1) is 12.4 Å². The summed E-state index contributed by atoms with van der Waals surface area (Å²) in [7, 11) is 0. The molecule has 0 aliphatic carbocycles. The smallest absolute Gasteiger partial charge is 0.119 e. The van der Waals surface area contributed by atoms with Gasteiger partial charge in [-0.25, -0.2) is 0 Å². The third-order valence-corrected chi connectivity index (χ3v) is 6.37. The molecule has 4 nitrogen and oxygen atoms in total. The van der Waals surface area contributed by atoms with E-state index < -0.39 is 0 Å². The van der Waals surface area contributed by atoms with Gasteiger partial charge in [0.05, 0.1) is 11.7 Å². The van der Waals surface area contributed by atoms with Crippen LogP contribution in [-0.4, -0.2) is 36.6 Å². The van der Waals surface area contributed by atoms with Crippen LogP contribution in [0.3, 0.4) is 0 Å². The topological polar surface area (TPSA) is 50.7 Å². The quantitative estimate of drug-likeness (QED) is 0.496. The van der Waals surface area contributed by atoms with Crippen LogP contribution in [-0.2, 0) is 17.7 Å². The van der Waals surface area contributed by atoms with E-state index >= 15 is 0 Å². The number of halogens is 1. The van der Waals surface area contributed by atoms with Crippen LogP contribution in [0.4, 0.5) is 0 Å². The van der Waals surface area contributed by atoms with Gasteiger partial charge < -0.3 is 19.9 Å². The maximum atomic E-state index is 10.4. The number of aliphatic hydroxyl groups excluding tert-OH is 1. The van der Waals surface area contributed by atoms with Crippen LogP contribution < -0.4 is 10.1 Å². The third-order valence-electron chi connectivity index (χ3n) is 6.37. The molecule has 178 valence electrons. The van der Waals surface area contributed by atoms with Crippen molar-refractivity contribution in [2.75, 3.05) is 19.8 Å². The number of ether oxygens (including phenoxy) is 2. The van der Waals surface area contributed by atoms with Crippen molar-refractivity contribution < 1.29 is 14.6 Å². The number of hydrogen-bond donors (Lipinski definition) is 2. The Hall–Kier alpha value is -1.59. The summed E-state index contributed by atoms with van der Waals surface area (Å²) >= 11 is 0. The molecule has 0 spiro atoms. The van der Waals surface area contributed by atoms with Crippen LogP contribution in [0.25, 0.3) is 0 Å². The molecule has 2 aromatic carbocycles. The number of benzene rings is 2. The van der Waals surface area contributed by atoms with Crippen molar-refractivity contribution in [3.63, 3.8) is 0 Å². The molecule has 1 aliphatic rings. The number of rotatable bonds is 10. The van der Waals surface area contributed by atoms with Gasteiger partial charge in [0.2, 0.25) is 0 Å². The summed E-state index contributed by atoms with van der Waals surface area (Å²) in [5, 5.41) is 14.0. The van der Waals surface area contributed by atoms with Crippen molar-refractivity contribution in [2.45, 2.75) is 65.2 Å². The Morgan fingerprint density at radius 2 is 1.72 bits per heavy atom. The van der Waals surface area contributed by atoms with E-state index in [1.54, 1.807) is 0 Å². The zero-order valence-electron chi connectivity index (χ0n) is 20.0. The molecular weight excluding hydrogens is 422 g/mol. The molecule has 2 unspecified atom stereocenters. The van der Waals surface area contributed by atoms with Crippen molar-refractivity contribution in [2.24, 2.45) is 11.3 Å². The Morgan fingerprint density at radius 3 is 2.31 bits per heavy atom. The lowest BCUT2D eigenvalue weighted by molar-refractivity contribution is -0.127. The molecule has 1 heterocycles. The Morgan fingerprint density at radius 1 is 1.03 bits per heavy atom. The van der Waals surface area contributed by atoms with Crippen molar-refractivity contribution in [1.29, 1.82) is 0 Å². The summed E-state index contributed by atoms with van der Waals surface area (Å²) in [6.07, 6.45) is 3.07. The number of aliphatic hydroxyl groups is 1. The van der Waals surface area contributed by atoms with Crippen LogP contribution in [0.2, 0.25) is 0 Å². The first-order valence-corrected chi connectivity index (χ1v) is 11.6. The fourth-order valence-electron chi connectivity index (χ4n) is 4.99. The second-order valence-corrected chi connectivity index (χ2v) is 9.88. The zero-order valence-corrected chi connectivity index (χ0v) is 20.8. The van der Waals surface area contributed by atoms with Gasteiger partial charge in [-0.2, -0.15) is 0 Å². The molecule has 2 N–H and O–H groups in total. The molecule has 0 saturated carbocycles. The largest absolute Gasteiger partial charge is 0.491 e. The van der Waals surface area contributed by atoms with E-state index in [9.17, 15) is 5.11 Å². The van der Waals surface area contributed by atoms with Gasteiger partial charge in [-0.05, 0) is 75.6 Å². The summed E-state index contributed by atoms with van der Waals surface area (Å²) < 4.78 is 11.8. The van der Waals surface area contributed by atoms with Gasteiger partial charge in [0.25, 0.3) is 0 Å². The highest BCUT2D eigenvalue weighted by Gasteiger charge is 2.45. The van der Waals surface area contributed by atoms with E-state index in [4.69, 9.17) is 9.47 Å². The standard InChI is InChI=1S/C27H39NO3.ClH/c1-21(2)31-25-12-10-23(11-13-25)17-28-18-24(19-29)27(14-15-30-26(3,4)20-27)16-22-8-6-5-7-9-22;/h5-13,21,24,28-29H,14-20H2,1-4H3;1H. The second-order valence-electron chi connectivity index (χ2n) is 9.88. The fourth-order valence-corrected chi connectivity index (χ4v) is 4.99. The molecule has 1 fully saturated rings. The summed E-state index contributed by atoms with van der Waals surface area (Å²) in [4.78, 5) is 0. The van der Waals surface area contributed by atoms with Gasteiger partial charge in [0.15, 0.2) is 0 Å². The molecular formula is C27H40ClNO3. The maximum Gasteiger partial charge on any atom is 0.119 e. The van der Waals surface area contributed by atoms with Crippen molar-refractivity contribution in [3.8, 4) is 5.75 Å². The molecule has 32 heavy (non-hydrogen) atoms. The minimum absolute atomic E-state index is 0. The second kappa shape index (κ2) is 12.0. The lowest BCUT2D eigenvalue weighted by atomic mass is 9.63. The molecule has 0 radical (unpaired) electrons. The number of nitrogens with one attached hydrogen (secondary N) is 1. The Balaban J connectivity index is 0.00000363. The lowest BCUT2D eigenvalue weighted by Gasteiger charge is -2.49. The Bertz CT molecular complexity index is 794. The van der Waals surface area contributed by atoms with Crippen molar-refractivity contribution in [3.05, 3.63) is 65.7 Å². The van der Waals surface area contributed by atoms with Crippen LogP contribution in [0.1, 0.15) is 51.7 Å². The summed E-state index contributed by atoms with van der Waals surface area (Å²) in [5.74, 6) is 1.07. The molecule has 1 aliphatic heterocycles. The average Bonchev–Trinajstić information content (AvgIpc) is 2.72. The molecule has 0 amide bonds. The van der Waals surface area contributed by atoms with Crippen molar-refractivity contribution in [1.82, 2.24) is 5.32 Å². The highest BCUT2D eigenvalue weighted by Crippen LogP contribution is 2.46. The Labute approximate surface area is 200 Å². The minimum atomic E-state index is -0.174. The molecule has 2 aromatic rings. The lowest BCUT2D eigenvalue weighted by Crippen LogP contribution is -2.50. The summed E-state index contributed by atoms with van der Waals surface area (Å²) in [6, 6.07) is 18.9. The van der Waals surface area contributed by atoms with E-state index in [-0.39, 0.29) is 42.1 Å². The molecule has 5 heteroatoms. The third kappa shape index (κ3) is 7.48. The van der Waals surface area contributed by atoms with Gasteiger partial charge in [0, 0.05) is 32.2 Å². The zero-order chi connectivity index (χ0) is 22.3. The SMILES string of the molecule is CC(C)Oc1ccc(CNCC(CO)C2(Cc3ccccc3)CCOC(C)(C)C2)cc1.Cl. The van der Waals surface area contributed by atoms with Crippen LogP contribution in [0.5, 0.6) is 5.75 Å². The molecule has 3 rings (SSSR count). The van der Waals surface area contributed by atoms with E-state index in [0.717, 1.165) is 44.7 Å². The fraction of sp³-hybridized carbons (Fsp3) is 0.556. The van der Waals surface area contributed by atoms with Gasteiger partial charge >= 0.3 is 0 Å². The van der Waals surface area contributed by atoms with Gasteiger partial charge in [-0.3, -0.25) is 0 Å². The van der Waals surface area contributed by atoms with Crippen molar-refractivity contribution >= 4 is 12.4 Å². The monoisotopic (exact) mass is 461 g/mol. The van der Waals surface area contributed by atoms with E-state index in [2.05, 4.69) is 61.6 Å². The van der Waals surface area contributed by atoms with E-state index in [1.807, 2.05) is 26.0 Å². The molecule has 0 bridgehead atoms. The van der Waals surface area contributed by atoms with Crippen LogP contribution >= 0.6 is 12.4 Å². The maximum absolute atomic E-state index is 10.4. The van der Waals surface area contributed by atoms with E-state index in [0.29, 0.717) is 0 Å². The Kier molecular flexibility index (Phi) is 10.0. The number of hydrogen-bond acceptors (Lipinski definition) is 4. The molecule has 2 atom stereocenters. The highest BCUT2D eigenvalue weighted by molar-refractivity contribution is 5.85. The first-order valence-electron chi connectivity index (χ1n) is 11.6. The molecule has 0 aromatic heterocycles. The predicted octanol–water partition coefficient (Wildman–Crippen LogP) is 5.41. The van der Waals surface area contributed by atoms with Gasteiger partial charge in [-0.1, -0.05) is 42.5 Å². The van der Waals surface area contributed by atoms with Crippen LogP contribution in [0.15, 0.2) is 54.6 Å². The normalized spacial score (nSPS) is 21.1. The minimum Gasteiger partial charge on any atom is -0.491 e. The summed E-state index contributed by atoms with van der Waals surface area (Å²) in [6.45, 7) is 10.9. The van der Waals surface area contributed by atoms with Crippen LogP contribution in [0, 0.1) is 11.3 Å².